The van der Waals surface area contributed by atoms with Crippen LogP contribution in [0.5, 0.6) is 0 Å². The molecule has 0 aromatic carbocycles. The predicted molar refractivity (Wildman–Crippen MR) is 56.5 cm³/mol. The zero-order valence-electron chi connectivity index (χ0n) is 9.09. The summed E-state index contributed by atoms with van der Waals surface area (Å²) >= 11 is 4.64. The third-order valence-electron chi connectivity index (χ3n) is 1.91. The first-order valence-electron chi connectivity index (χ1n) is 4.86. The Labute approximate surface area is 90.7 Å². The molecule has 1 aliphatic heterocycles. The van der Waals surface area contributed by atoms with Crippen LogP contribution in [0.25, 0.3) is 0 Å². The van der Waals surface area contributed by atoms with Crippen LogP contribution in [0, 0.1) is 5.92 Å². The van der Waals surface area contributed by atoms with Crippen molar-refractivity contribution in [1.82, 2.24) is 0 Å². The molecule has 0 amide bonds. The summed E-state index contributed by atoms with van der Waals surface area (Å²) in [6.45, 7) is 4.90. The fourth-order valence-electron chi connectivity index (χ4n) is 1.12. The van der Waals surface area contributed by atoms with Gasteiger partial charge >= 0.3 is 5.97 Å². The maximum atomic E-state index is 11.0. The van der Waals surface area contributed by atoms with E-state index in [9.17, 15) is 4.79 Å². The van der Waals surface area contributed by atoms with Gasteiger partial charge < -0.3 is 9.47 Å². The average Bonchev–Trinajstić information content (AvgIpc) is 2.69. The van der Waals surface area contributed by atoms with Crippen molar-refractivity contribution in [3.8, 4) is 0 Å². The molecule has 0 aliphatic carbocycles. The monoisotopic (exact) mass is 222 g/mol. The lowest BCUT2D eigenvalue weighted by Crippen LogP contribution is -2.20. The molecule has 1 aliphatic rings. The molecule has 0 saturated carbocycles. The number of ether oxygens (including phenoxy) is 2. The summed E-state index contributed by atoms with van der Waals surface area (Å²) in [5.74, 6) is -0.170. The van der Waals surface area contributed by atoms with E-state index >= 15 is 0 Å². The minimum Gasteiger partial charge on any atom is -0.463 e. The molecule has 1 rings (SSSR count). The van der Waals surface area contributed by atoms with Gasteiger partial charge in [0.25, 0.3) is 0 Å². The fraction of sp³-hybridized carbons (Fsp3) is 0.900. The molecule has 84 valence electrons. The highest BCUT2D eigenvalue weighted by Crippen LogP contribution is 2.12. The third-order valence-corrected chi connectivity index (χ3v) is 1.91. The molecule has 1 fully saturated rings. The highest BCUT2D eigenvalue weighted by molar-refractivity contribution is 6.15. The summed E-state index contributed by atoms with van der Waals surface area (Å²) in [4.78, 5) is 11.0. The van der Waals surface area contributed by atoms with Crippen molar-refractivity contribution in [3.05, 3.63) is 0 Å². The zero-order valence-corrected chi connectivity index (χ0v) is 9.84. The molecule has 0 N–H and O–H groups in total. The largest absolute Gasteiger partial charge is 0.463 e. The molecule has 0 aromatic rings. The van der Waals surface area contributed by atoms with E-state index in [2.05, 4.69) is 11.6 Å². The van der Waals surface area contributed by atoms with Gasteiger partial charge in [-0.1, -0.05) is 13.8 Å². The minimum absolute atomic E-state index is 0.0357. The van der Waals surface area contributed by atoms with Gasteiger partial charge in [0.15, 0.2) is 0 Å². The first kappa shape index (κ1) is 13.7. The Bertz CT molecular complexity index is 153. The second-order valence-corrected chi connectivity index (χ2v) is 3.42. The highest BCUT2D eigenvalue weighted by atomic mass is 35.5. The molecule has 0 bridgehead atoms. The van der Waals surface area contributed by atoms with Crippen LogP contribution >= 0.6 is 11.6 Å². The van der Waals surface area contributed by atoms with E-state index in [1.165, 1.54) is 6.38 Å². The van der Waals surface area contributed by atoms with Gasteiger partial charge in [0.05, 0.1) is 12.0 Å². The van der Waals surface area contributed by atoms with E-state index in [0.717, 1.165) is 19.4 Å². The minimum atomic E-state index is -0.134. The van der Waals surface area contributed by atoms with Crippen LogP contribution in [0.3, 0.4) is 0 Å². The van der Waals surface area contributed by atoms with Crippen LogP contribution in [0.1, 0.15) is 26.7 Å². The number of hydrogen-bond donors (Lipinski definition) is 0. The molecular formula is C10H19ClO3. The number of halogens is 1. The number of hydrogen-bond acceptors (Lipinski definition) is 3. The summed E-state index contributed by atoms with van der Waals surface area (Å²) in [5, 5.41) is 0. The van der Waals surface area contributed by atoms with Gasteiger partial charge in [-0.25, -0.2) is 0 Å². The van der Waals surface area contributed by atoms with E-state index < -0.39 is 0 Å². The van der Waals surface area contributed by atoms with Gasteiger partial charge in [-0.3, -0.25) is 4.79 Å². The van der Waals surface area contributed by atoms with Crippen LogP contribution in [0.15, 0.2) is 0 Å². The van der Waals surface area contributed by atoms with Gasteiger partial charge in [0.1, 0.15) is 6.61 Å². The number of rotatable bonds is 3. The van der Waals surface area contributed by atoms with Crippen molar-refractivity contribution in [2.45, 2.75) is 32.8 Å². The lowest BCUT2D eigenvalue weighted by atomic mass is 10.2. The Morgan fingerprint density at radius 1 is 1.57 bits per heavy atom. The second-order valence-electron chi connectivity index (χ2n) is 3.42. The van der Waals surface area contributed by atoms with E-state index in [4.69, 9.17) is 9.47 Å². The Hall–Kier alpha value is -0.280. The van der Waals surface area contributed by atoms with Crippen LogP contribution < -0.4 is 0 Å². The Kier molecular flexibility index (Phi) is 7.90. The SMILES string of the molecule is CC(C)C(=O)OCC1CCCO1.CCl. The molecule has 0 radical (unpaired) electrons. The maximum Gasteiger partial charge on any atom is 0.308 e. The van der Waals surface area contributed by atoms with Crippen molar-refractivity contribution in [3.63, 3.8) is 0 Å². The summed E-state index contributed by atoms with van der Waals surface area (Å²) in [6, 6.07) is 0. The summed E-state index contributed by atoms with van der Waals surface area (Å²) in [7, 11) is 0. The van der Waals surface area contributed by atoms with Gasteiger partial charge in [-0.2, -0.15) is 0 Å². The number of carbonyl (C=O) groups is 1. The van der Waals surface area contributed by atoms with Crippen LogP contribution in [0.2, 0.25) is 0 Å². The first-order valence-corrected chi connectivity index (χ1v) is 5.62. The Morgan fingerprint density at radius 3 is 2.64 bits per heavy atom. The molecule has 1 saturated heterocycles. The molecule has 4 heteroatoms. The lowest BCUT2D eigenvalue weighted by molar-refractivity contribution is -0.150. The van der Waals surface area contributed by atoms with Gasteiger partial charge in [0.2, 0.25) is 0 Å². The molecule has 14 heavy (non-hydrogen) atoms. The summed E-state index contributed by atoms with van der Waals surface area (Å²) < 4.78 is 10.3. The first-order chi connectivity index (χ1) is 6.70. The molecule has 0 spiro atoms. The summed E-state index contributed by atoms with van der Waals surface area (Å²) in [6.07, 6.45) is 3.72. The third kappa shape index (κ3) is 5.45. The van der Waals surface area contributed by atoms with Gasteiger partial charge in [-0.05, 0) is 12.8 Å². The number of carbonyl (C=O) groups excluding carboxylic acids is 1. The molecular weight excluding hydrogens is 204 g/mol. The summed E-state index contributed by atoms with van der Waals surface area (Å²) in [5.41, 5.74) is 0. The lowest BCUT2D eigenvalue weighted by Gasteiger charge is -2.11. The molecule has 1 unspecified atom stereocenters. The van der Waals surface area contributed by atoms with E-state index in [-0.39, 0.29) is 18.0 Å². The standard InChI is InChI=1S/C9H16O3.CH3Cl/c1-7(2)9(10)12-6-8-4-3-5-11-8;1-2/h7-8H,3-6H2,1-2H3;1H3. The van der Waals surface area contributed by atoms with Crippen molar-refractivity contribution in [2.75, 3.05) is 19.6 Å². The van der Waals surface area contributed by atoms with Crippen molar-refractivity contribution in [2.24, 2.45) is 5.92 Å². The normalized spacial score (nSPS) is 20.2. The van der Waals surface area contributed by atoms with E-state index in [1.807, 2.05) is 13.8 Å². The zero-order chi connectivity index (χ0) is 11.0. The average molecular weight is 223 g/mol. The molecule has 1 atom stereocenters. The quantitative estimate of drug-likeness (QED) is 0.543. The van der Waals surface area contributed by atoms with Crippen molar-refractivity contribution >= 4 is 17.6 Å². The van der Waals surface area contributed by atoms with Crippen molar-refractivity contribution < 1.29 is 14.3 Å². The van der Waals surface area contributed by atoms with Gasteiger partial charge in [0, 0.05) is 13.0 Å². The maximum absolute atomic E-state index is 11.0. The van der Waals surface area contributed by atoms with Crippen molar-refractivity contribution in [1.29, 1.82) is 0 Å². The second kappa shape index (κ2) is 8.06. The van der Waals surface area contributed by atoms with Crippen LogP contribution in [-0.4, -0.2) is 31.7 Å². The molecule has 0 aromatic heterocycles. The Morgan fingerprint density at radius 2 is 2.21 bits per heavy atom. The topological polar surface area (TPSA) is 35.5 Å². The highest BCUT2D eigenvalue weighted by Gasteiger charge is 2.18. The predicted octanol–water partition coefficient (Wildman–Crippen LogP) is 2.22. The fourth-order valence-corrected chi connectivity index (χ4v) is 1.12. The van der Waals surface area contributed by atoms with E-state index in [1.54, 1.807) is 0 Å². The van der Waals surface area contributed by atoms with Crippen LogP contribution in [-0.2, 0) is 14.3 Å². The number of esters is 1. The van der Waals surface area contributed by atoms with E-state index in [0.29, 0.717) is 6.61 Å². The Balaban J connectivity index is 0.000000791. The number of alkyl halides is 1. The molecule has 1 heterocycles. The van der Waals surface area contributed by atoms with Crippen LogP contribution in [0.4, 0.5) is 0 Å². The molecule has 3 nitrogen and oxygen atoms in total. The van der Waals surface area contributed by atoms with Gasteiger partial charge in [-0.15, -0.1) is 11.6 Å². The smallest absolute Gasteiger partial charge is 0.308 e.